The largest absolute Gasteiger partial charge is 0.464 e. The summed E-state index contributed by atoms with van der Waals surface area (Å²) < 4.78 is 4.69. The van der Waals surface area contributed by atoms with Gasteiger partial charge in [0.15, 0.2) is 5.69 Å². The van der Waals surface area contributed by atoms with Crippen LogP contribution < -0.4 is 0 Å². The molecule has 0 fully saturated rings. The van der Waals surface area contributed by atoms with Crippen LogP contribution >= 0.6 is 11.6 Å². The van der Waals surface area contributed by atoms with Gasteiger partial charge in [0.25, 0.3) is 0 Å². The summed E-state index contributed by atoms with van der Waals surface area (Å²) in [5.74, 6) is -0.572. The van der Waals surface area contributed by atoms with E-state index in [-0.39, 0.29) is 12.1 Å². The zero-order chi connectivity index (χ0) is 14.5. The number of carbonyl (C=O) groups excluding carboxylic acids is 1. The molecule has 0 radical (unpaired) electrons. The van der Waals surface area contributed by atoms with Gasteiger partial charge in [-0.1, -0.05) is 11.6 Å². The third-order valence-electron chi connectivity index (χ3n) is 2.73. The maximum Gasteiger partial charge on any atom is 0.356 e. The standard InChI is InChI=1S/C14H10ClN3O2/c1-20-14(19)13-11(2-5-16)10(4-7-18-13)9-3-6-17-12(15)8-9/h3-4,6-8H,2H2,1H3. The highest BCUT2D eigenvalue weighted by Gasteiger charge is 2.18. The molecule has 0 aliphatic heterocycles. The van der Waals surface area contributed by atoms with Gasteiger partial charge >= 0.3 is 5.97 Å². The molecule has 0 aromatic carbocycles. The predicted molar refractivity (Wildman–Crippen MR) is 73.1 cm³/mol. The molecule has 2 rings (SSSR count). The molecule has 0 aliphatic carbocycles. The van der Waals surface area contributed by atoms with Gasteiger partial charge in [0, 0.05) is 18.0 Å². The van der Waals surface area contributed by atoms with Crippen molar-refractivity contribution in [3.63, 3.8) is 0 Å². The first kappa shape index (κ1) is 14.0. The van der Waals surface area contributed by atoms with Crippen molar-refractivity contribution in [1.29, 1.82) is 5.26 Å². The Hall–Kier alpha value is -2.45. The van der Waals surface area contributed by atoms with Crippen molar-refractivity contribution in [2.24, 2.45) is 0 Å². The fourth-order valence-corrected chi connectivity index (χ4v) is 2.04. The molecule has 2 aromatic rings. The maximum atomic E-state index is 11.7. The van der Waals surface area contributed by atoms with Crippen molar-refractivity contribution in [2.45, 2.75) is 6.42 Å². The Bertz CT molecular complexity index is 695. The number of halogens is 1. The van der Waals surface area contributed by atoms with Gasteiger partial charge in [0.05, 0.1) is 19.6 Å². The molecule has 2 heterocycles. The summed E-state index contributed by atoms with van der Waals surface area (Å²) in [6.45, 7) is 0. The summed E-state index contributed by atoms with van der Waals surface area (Å²) in [4.78, 5) is 19.6. The molecule has 0 saturated carbocycles. The van der Waals surface area contributed by atoms with Crippen LogP contribution in [0.3, 0.4) is 0 Å². The van der Waals surface area contributed by atoms with Gasteiger partial charge in [-0.2, -0.15) is 5.26 Å². The molecule has 2 aromatic heterocycles. The average molecular weight is 288 g/mol. The zero-order valence-corrected chi connectivity index (χ0v) is 11.4. The Morgan fingerprint density at radius 1 is 1.40 bits per heavy atom. The number of hydrogen-bond donors (Lipinski definition) is 0. The van der Waals surface area contributed by atoms with E-state index in [1.54, 1.807) is 24.4 Å². The van der Waals surface area contributed by atoms with Crippen molar-refractivity contribution < 1.29 is 9.53 Å². The monoisotopic (exact) mass is 287 g/mol. The van der Waals surface area contributed by atoms with Gasteiger partial charge in [-0.05, 0) is 29.3 Å². The Labute approximate surface area is 120 Å². The van der Waals surface area contributed by atoms with Crippen LogP contribution in [-0.2, 0) is 11.2 Å². The quantitative estimate of drug-likeness (QED) is 0.641. The first-order valence-electron chi connectivity index (χ1n) is 5.72. The van der Waals surface area contributed by atoms with E-state index in [1.165, 1.54) is 13.3 Å². The minimum Gasteiger partial charge on any atom is -0.464 e. The number of pyridine rings is 2. The summed E-state index contributed by atoms with van der Waals surface area (Å²) in [7, 11) is 1.27. The second-order valence-electron chi connectivity index (χ2n) is 3.88. The van der Waals surface area contributed by atoms with Crippen LogP contribution in [0.25, 0.3) is 11.1 Å². The van der Waals surface area contributed by atoms with Crippen molar-refractivity contribution in [1.82, 2.24) is 9.97 Å². The molecule has 0 amide bonds. The number of nitrogens with zero attached hydrogens (tertiary/aromatic N) is 3. The molecule has 0 saturated heterocycles. The fourth-order valence-electron chi connectivity index (χ4n) is 1.86. The van der Waals surface area contributed by atoms with Gasteiger partial charge in [0.2, 0.25) is 0 Å². The normalized spacial score (nSPS) is 9.85. The number of methoxy groups -OCH3 is 1. The maximum absolute atomic E-state index is 11.7. The minimum atomic E-state index is -0.572. The van der Waals surface area contributed by atoms with Crippen LogP contribution in [0.2, 0.25) is 5.15 Å². The molecule has 0 N–H and O–H groups in total. The number of esters is 1. The number of nitriles is 1. The Kier molecular flexibility index (Phi) is 4.28. The lowest BCUT2D eigenvalue weighted by atomic mass is 9.98. The molecular formula is C14H10ClN3O2. The number of aromatic nitrogens is 2. The topological polar surface area (TPSA) is 75.9 Å². The Morgan fingerprint density at radius 3 is 2.80 bits per heavy atom. The number of hydrogen-bond acceptors (Lipinski definition) is 5. The molecule has 20 heavy (non-hydrogen) atoms. The van der Waals surface area contributed by atoms with Gasteiger partial charge < -0.3 is 4.74 Å². The van der Waals surface area contributed by atoms with Crippen molar-refractivity contribution >= 4 is 17.6 Å². The number of carbonyl (C=O) groups is 1. The molecule has 0 unspecified atom stereocenters. The number of rotatable bonds is 3. The van der Waals surface area contributed by atoms with Crippen LogP contribution in [-0.4, -0.2) is 23.0 Å². The lowest BCUT2D eigenvalue weighted by molar-refractivity contribution is 0.0593. The SMILES string of the molecule is COC(=O)c1nccc(-c2ccnc(Cl)c2)c1CC#N. The first-order chi connectivity index (χ1) is 9.67. The molecule has 0 aliphatic rings. The summed E-state index contributed by atoms with van der Waals surface area (Å²) in [5, 5.41) is 9.29. The van der Waals surface area contributed by atoms with E-state index in [1.807, 2.05) is 6.07 Å². The summed E-state index contributed by atoms with van der Waals surface area (Å²) >= 11 is 5.87. The van der Waals surface area contributed by atoms with Crippen molar-refractivity contribution in [3.05, 3.63) is 47.0 Å². The van der Waals surface area contributed by atoms with Crippen molar-refractivity contribution in [3.8, 4) is 17.2 Å². The molecule has 5 nitrogen and oxygen atoms in total. The molecular weight excluding hydrogens is 278 g/mol. The summed E-state index contributed by atoms with van der Waals surface area (Å²) in [6.07, 6.45) is 3.11. The Balaban J connectivity index is 2.64. The summed E-state index contributed by atoms with van der Waals surface area (Å²) in [5.41, 5.74) is 2.14. The lowest BCUT2D eigenvalue weighted by Gasteiger charge is -2.10. The van der Waals surface area contributed by atoms with Gasteiger partial charge in [-0.3, -0.25) is 0 Å². The molecule has 0 bridgehead atoms. The smallest absolute Gasteiger partial charge is 0.356 e. The van der Waals surface area contributed by atoms with Crippen LogP contribution in [0, 0.1) is 11.3 Å². The second kappa shape index (κ2) is 6.13. The van der Waals surface area contributed by atoms with Crippen molar-refractivity contribution in [2.75, 3.05) is 7.11 Å². The van der Waals surface area contributed by atoms with Crippen LogP contribution in [0.15, 0.2) is 30.6 Å². The highest BCUT2D eigenvalue weighted by molar-refractivity contribution is 6.29. The molecule has 0 atom stereocenters. The van der Waals surface area contributed by atoms with E-state index in [4.69, 9.17) is 16.9 Å². The van der Waals surface area contributed by atoms with Gasteiger partial charge in [0.1, 0.15) is 5.15 Å². The zero-order valence-electron chi connectivity index (χ0n) is 10.6. The third kappa shape index (κ3) is 2.76. The highest BCUT2D eigenvalue weighted by Crippen LogP contribution is 2.27. The first-order valence-corrected chi connectivity index (χ1v) is 6.10. The lowest BCUT2D eigenvalue weighted by Crippen LogP contribution is -2.09. The highest BCUT2D eigenvalue weighted by atomic mass is 35.5. The third-order valence-corrected chi connectivity index (χ3v) is 2.93. The molecule has 0 spiro atoms. The van der Waals surface area contributed by atoms with E-state index in [0.29, 0.717) is 16.3 Å². The molecule has 100 valence electrons. The summed E-state index contributed by atoms with van der Waals surface area (Å²) in [6, 6.07) is 7.18. The second-order valence-corrected chi connectivity index (χ2v) is 4.27. The van der Waals surface area contributed by atoms with Gasteiger partial charge in [-0.25, -0.2) is 14.8 Å². The van der Waals surface area contributed by atoms with E-state index < -0.39 is 5.97 Å². The van der Waals surface area contributed by atoms with E-state index in [2.05, 4.69) is 14.7 Å². The van der Waals surface area contributed by atoms with Gasteiger partial charge in [-0.15, -0.1) is 0 Å². The average Bonchev–Trinajstić information content (AvgIpc) is 2.47. The Morgan fingerprint density at radius 2 is 2.15 bits per heavy atom. The van der Waals surface area contributed by atoms with E-state index in [9.17, 15) is 4.79 Å². The van der Waals surface area contributed by atoms with E-state index in [0.717, 1.165) is 5.56 Å². The fraction of sp³-hybridized carbons (Fsp3) is 0.143. The van der Waals surface area contributed by atoms with Crippen LogP contribution in [0.5, 0.6) is 0 Å². The van der Waals surface area contributed by atoms with Crippen LogP contribution in [0.4, 0.5) is 0 Å². The van der Waals surface area contributed by atoms with E-state index >= 15 is 0 Å². The number of ether oxygens (including phenoxy) is 1. The van der Waals surface area contributed by atoms with Crippen LogP contribution in [0.1, 0.15) is 16.1 Å². The molecule has 6 heteroatoms. The predicted octanol–water partition coefficient (Wildman–Crippen LogP) is 2.65. The minimum absolute atomic E-state index is 0.0492.